The molecular formula is C16H16N4O3. The number of esters is 1. The van der Waals surface area contributed by atoms with Gasteiger partial charge in [-0.15, -0.1) is 0 Å². The lowest BCUT2D eigenvalue weighted by Crippen LogP contribution is -2.29. The quantitative estimate of drug-likeness (QED) is 0.661. The predicted octanol–water partition coefficient (Wildman–Crippen LogP) is 1.43. The zero-order valence-corrected chi connectivity index (χ0v) is 12.9. The molecule has 0 aliphatic carbocycles. The number of aromatic nitrogens is 2. The molecule has 2 aromatic rings. The maximum absolute atomic E-state index is 12.0. The molecule has 0 saturated heterocycles. The first kappa shape index (κ1) is 16.4. The summed E-state index contributed by atoms with van der Waals surface area (Å²) in [7, 11) is 0. The Morgan fingerprint density at radius 2 is 1.91 bits per heavy atom. The highest BCUT2D eigenvalue weighted by atomic mass is 16.5. The molecule has 2 rings (SSSR count). The fourth-order valence-electron chi connectivity index (χ4n) is 1.88. The van der Waals surface area contributed by atoms with E-state index in [1.807, 2.05) is 19.9 Å². The average molecular weight is 312 g/mol. The SMILES string of the molecule is Cc1nc2ccc(C(=O)OCC(=O)NCCC#N)cc2nc1C. The van der Waals surface area contributed by atoms with Crippen molar-refractivity contribution in [3.05, 3.63) is 35.2 Å². The van der Waals surface area contributed by atoms with Crippen LogP contribution >= 0.6 is 0 Å². The van der Waals surface area contributed by atoms with E-state index in [0.717, 1.165) is 11.4 Å². The summed E-state index contributed by atoms with van der Waals surface area (Å²) in [5, 5.41) is 10.8. The first-order chi connectivity index (χ1) is 11.0. The van der Waals surface area contributed by atoms with Gasteiger partial charge in [0.05, 0.1) is 40.5 Å². The monoisotopic (exact) mass is 312 g/mol. The number of amides is 1. The number of hydrogen-bond acceptors (Lipinski definition) is 6. The Hall–Kier alpha value is -3.01. The highest BCUT2D eigenvalue weighted by Gasteiger charge is 2.12. The molecule has 1 aromatic heterocycles. The van der Waals surface area contributed by atoms with Crippen molar-refractivity contribution in [3.8, 4) is 6.07 Å². The van der Waals surface area contributed by atoms with Crippen molar-refractivity contribution in [3.63, 3.8) is 0 Å². The summed E-state index contributed by atoms with van der Waals surface area (Å²) in [4.78, 5) is 32.2. The van der Waals surface area contributed by atoms with Crippen molar-refractivity contribution in [1.82, 2.24) is 15.3 Å². The molecule has 1 heterocycles. The number of carbonyl (C=O) groups excluding carboxylic acids is 2. The van der Waals surface area contributed by atoms with Crippen LogP contribution in [0.3, 0.4) is 0 Å². The van der Waals surface area contributed by atoms with Crippen LogP contribution in [0.5, 0.6) is 0 Å². The molecule has 0 aliphatic rings. The van der Waals surface area contributed by atoms with E-state index in [9.17, 15) is 9.59 Å². The van der Waals surface area contributed by atoms with Crippen molar-refractivity contribution >= 4 is 22.9 Å². The number of carbonyl (C=O) groups is 2. The first-order valence-electron chi connectivity index (χ1n) is 7.07. The van der Waals surface area contributed by atoms with Crippen LogP contribution in [0, 0.1) is 25.2 Å². The molecule has 1 N–H and O–H groups in total. The number of aryl methyl sites for hydroxylation is 2. The van der Waals surface area contributed by atoms with Crippen LogP contribution in [-0.2, 0) is 9.53 Å². The average Bonchev–Trinajstić information content (AvgIpc) is 2.53. The minimum atomic E-state index is -0.609. The summed E-state index contributed by atoms with van der Waals surface area (Å²) in [5.41, 5.74) is 3.22. The van der Waals surface area contributed by atoms with E-state index in [4.69, 9.17) is 10.00 Å². The fourth-order valence-corrected chi connectivity index (χ4v) is 1.88. The molecule has 7 nitrogen and oxygen atoms in total. The Bertz CT molecular complexity index is 796. The summed E-state index contributed by atoms with van der Waals surface area (Å²) in [5.74, 6) is -1.05. The largest absolute Gasteiger partial charge is 0.452 e. The number of nitriles is 1. The highest BCUT2D eigenvalue weighted by Crippen LogP contribution is 2.15. The molecule has 0 bridgehead atoms. The second-order valence-corrected chi connectivity index (χ2v) is 4.93. The minimum absolute atomic E-state index is 0.210. The highest BCUT2D eigenvalue weighted by molar-refractivity contribution is 5.94. The Balaban J connectivity index is 2.02. The van der Waals surface area contributed by atoms with Crippen LogP contribution in [0.1, 0.15) is 28.2 Å². The van der Waals surface area contributed by atoms with E-state index in [-0.39, 0.29) is 19.6 Å². The molecule has 1 aromatic carbocycles. The van der Waals surface area contributed by atoms with Gasteiger partial charge in [0.25, 0.3) is 5.91 Å². The van der Waals surface area contributed by atoms with E-state index >= 15 is 0 Å². The molecule has 7 heteroatoms. The van der Waals surface area contributed by atoms with Gasteiger partial charge >= 0.3 is 5.97 Å². The number of nitrogens with zero attached hydrogens (tertiary/aromatic N) is 3. The van der Waals surface area contributed by atoms with Gasteiger partial charge in [0, 0.05) is 6.54 Å². The molecule has 0 aliphatic heterocycles. The third kappa shape index (κ3) is 4.23. The van der Waals surface area contributed by atoms with Crippen LogP contribution < -0.4 is 5.32 Å². The van der Waals surface area contributed by atoms with Crippen molar-refractivity contribution in [1.29, 1.82) is 5.26 Å². The van der Waals surface area contributed by atoms with E-state index in [1.54, 1.807) is 18.2 Å². The minimum Gasteiger partial charge on any atom is -0.452 e. The molecule has 0 saturated carbocycles. The Morgan fingerprint density at radius 1 is 1.22 bits per heavy atom. The van der Waals surface area contributed by atoms with Gasteiger partial charge < -0.3 is 10.1 Å². The summed E-state index contributed by atoms with van der Waals surface area (Å²) < 4.78 is 4.94. The van der Waals surface area contributed by atoms with Gasteiger partial charge in [-0.25, -0.2) is 14.8 Å². The molecule has 0 unspecified atom stereocenters. The van der Waals surface area contributed by atoms with Crippen LogP contribution in [0.2, 0.25) is 0 Å². The summed E-state index contributed by atoms with van der Waals surface area (Å²) in [6.45, 7) is 3.56. The van der Waals surface area contributed by atoms with Crippen LogP contribution in [0.15, 0.2) is 18.2 Å². The number of ether oxygens (including phenoxy) is 1. The summed E-state index contributed by atoms with van der Waals surface area (Å²) in [6.07, 6.45) is 0.210. The summed E-state index contributed by atoms with van der Waals surface area (Å²) >= 11 is 0. The smallest absolute Gasteiger partial charge is 0.338 e. The van der Waals surface area contributed by atoms with Crippen molar-refractivity contribution in [2.45, 2.75) is 20.3 Å². The van der Waals surface area contributed by atoms with Crippen molar-refractivity contribution in [2.24, 2.45) is 0 Å². The normalized spacial score (nSPS) is 10.1. The van der Waals surface area contributed by atoms with Gasteiger partial charge in [-0.2, -0.15) is 5.26 Å². The third-order valence-corrected chi connectivity index (χ3v) is 3.20. The van der Waals surface area contributed by atoms with Crippen molar-refractivity contribution in [2.75, 3.05) is 13.2 Å². The Labute approximate surface area is 133 Å². The lowest BCUT2D eigenvalue weighted by molar-refractivity contribution is -0.124. The molecule has 0 spiro atoms. The van der Waals surface area contributed by atoms with Gasteiger partial charge in [0.2, 0.25) is 0 Å². The molecule has 0 fully saturated rings. The molecule has 118 valence electrons. The number of fused-ring (bicyclic) bond motifs is 1. The maximum atomic E-state index is 12.0. The Kier molecular flexibility index (Phi) is 5.20. The Morgan fingerprint density at radius 3 is 2.61 bits per heavy atom. The maximum Gasteiger partial charge on any atom is 0.338 e. The zero-order valence-electron chi connectivity index (χ0n) is 12.9. The number of rotatable bonds is 5. The van der Waals surface area contributed by atoms with E-state index in [1.165, 1.54) is 0 Å². The molecule has 0 atom stereocenters. The first-order valence-corrected chi connectivity index (χ1v) is 7.07. The topological polar surface area (TPSA) is 105 Å². The lowest BCUT2D eigenvalue weighted by Gasteiger charge is -2.07. The predicted molar refractivity (Wildman–Crippen MR) is 82.5 cm³/mol. The molecule has 1 amide bonds. The lowest BCUT2D eigenvalue weighted by atomic mass is 10.2. The van der Waals surface area contributed by atoms with Gasteiger partial charge in [-0.3, -0.25) is 4.79 Å². The van der Waals surface area contributed by atoms with Crippen LogP contribution in [-0.4, -0.2) is 35.0 Å². The second-order valence-electron chi connectivity index (χ2n) is 4.93. The molecule has 0 radical (unpaired) electrons. The second kappa shape index (κ2) is 7.31. The van der Waals surface area contributed by atoms with Gasteiger partial charge in [-0.1, -0.05) is 0 Å². The van der Waals surface area contributed by atoms with Crippen LogP contribution in [0.4, 0.5) is 0 Å². The fraction of sp³-hybridized carbons (Fsp3) is 0.312. The van der Waals surface area contributed by atoms with E-state index in [0.29, 0.717) is 16.6 Å². The van der Waals surface area contributed by atoms with E-state index < -0.39 is 11.9 Å². The van der Waals surface area contributed by atoms with Crippen molar-refractivity contribution < 1.29 is 14.3 Å². The number of nitrogens with one attached hydrogen (secondary N) is 1. The van der Waals surface area contributed by atoms with Gasteiger partial charge in [0.1, 0.15) is 0 Å². The van der Waals surface area contributed by atoms with Gasteiger partial charge in [-0.05, 0) is 32.0 Å². The van der Waals surface area contributed by atoms with E-state index in [2.05, 4.69) is 15.3 Å². The number of hydrogen-bond donors (Lipinski definition) is 1. The molecular weight excluding hydrogens is 296 g/mol. The zero-order chi connectivity index (χ0) is 16.8. The van der Waals surface area contributed by atoms with Crippen LogP contribution in [0.25, 0.3) is 11.0 Å². The standard InChI is InChI=1S/C16H16N4O3/c1-10-11(2)20-14-8-12(4-5-13(14)19-10)16(22)23-9-15(21)18-7-3-6-17/h4-5,8H,3,7,9H2,1-2H3,(H,18,21). The molecule has 23 heavy (non-hydrogen) atoms. The summed E-state index contributed by atoms with van der Waals surface area (Å²) in [6, 6.07) is 6.77. The third-order valence-electron chi connectivity index (χ3n) is 3.20. The van der Waals surface area contributed by atoms with Gasteiger partial charge in [0.15, 0.2) is 6.61 Å². The number of benzene rings is 1.